The Morgan fingerprint density at radius 2 is 1.80 bits per heavy atom. The Bertz CT molecular complexity index is 136. The van der Waals surface area contributed by atoms with Gasteiger partial charge in [0.1, 0.15) is 0 Å². The van der Waals surface area contributed by atoms with E-state index in [1.807, 2.05) is 0 Å². The zero-order valence-electron chi connectivity index (χ0n) is 6.29. The molecule has 0 aromatic rings. The number of carbonyl (C=O) groups excluding carboxylic acids is 2. The number of hydrogen-bond acceptors (Lipinski definition) is 3. The van der Waals surface area contributed by atoms with Gasteiger partial charge >= 0.3 is 0 Å². The summed E-state index contributed by atoms with van der Waals surface area (Å²) in [5.74, 6) is -0.962. The normalized spacial score (nSPS) is 12.4. The lowest BCUT2D eigenvalue weighted by Gasteiger charge is -2.09. The molecule has 1 amide bonds. The van der Waals surface area contributed by atoms with Gasteiger partial charge in [-0.25, -0.2) is 0 Å². The number of hydrogen-bond donors (Lipinski definition) is 1. The molecule has 58 valence electrons. The fraction of sp³-hybridized carbons (Fsp3) is 0.667. The van der Waals surface area contributed by atoms with Crippen LogP contribution in [0.3, 0.4) is 0 Å². The number of carbonyl (C=O) groups is 2. The molecule has 1 atom stereocenters. The van der Waals surface area contributed by atoms with Gasteiger partial charge in [0.15, 0.2) is 0 Å². The van der Waals surface area contributed by atoms with Crippen LogP contribution in [0.15, 0.2) is 0 Å². The van der Waals surface area contributed by atoms with Crippen LogP contribution in [0.2, 0.25) is 0 Å². The van der Waals surface area contributed by atoms with Crippen molar-refractivity contribution >= 4 is 24.3 Å². The van der Waals surface area contributed by atoms with Crippen LogP contribution in [0.4, 0.5) is 0 Å². The van der Waals surface area contributed by atoms with Gasteiger partial charge in [-0.3, -0.25) is 9.59 Å². The third-order valence-corrected chi connectivity index (χ3v) is 1.23. The number of thiol groups is 1. The van der Waals surface area contributed by atoms with Crippen LogP contribution in [0.5, 0.6) is 0 Å². The van der Waals surface area contributed by atoms with E-state index in [4.69, 9.17) is 0 Å². The Kier molecular flexibility index (Phi) is 3.42. The molecule has 4 heteroatoms. The molecule has 0 spiro atoms. The van der Waals surface area contributed by atoms with Crippen LogP contribution in [0, 0.1) is 0 Å². The summed E-state index contributed by atoms with van der Waals surface area (Å²) in [7, 11) is 3.08. The molecule has 0 aromatic carbocycles. The van der Waals surface area contributed by atoms with Crippen molar-refractivity contribution in [3.05, 3.63) is 0 Å². The lowest BCUT2D eigenvalue weighted by Crippen LogP contribution is -2.33. The molecule has 0 aliphatic rings. The zero-order chi connectivity index (χ0) is 8.31. The fourth-order valence-corrected chi connectivity index (χ4v) is 0.510. The van der Waals surface area contributed by atoms with Gasteiger partial charge in [-0.1, -0.05) is 0 Å². The molecule has 3 nitrogen and oxygen atoms in total. The Morgan fingerprint density at radius 3 is 1.90 bits per heavy atom. The summed E-state index contributed by atoms with van der Waals surface area (Å²) in [6.45, 7) is 1.58. The van der Waals surface area contributed by atoms with E-state index in [1.165, 1.54) is 19.0 Å². The van der Waals surface area contributed by atoms with Crippen molar-refractivity contribution < 1.29 is 9.59 Å². The average molecular weight is 161 g/mol. The summed E-state index contributed by atoms with van der Waals surface area (Å²) in [6, 6.07) is 0. The molecular weight excluding hydrogens is 150 g/mol. The van der Waals surface area contributed by atoms with Gasteiger partial charge < -0.3 is 4.90 Å². The maximum Gasteiger partial charge on any atom is 0.290 e. The second-order valence-electron chi connectivity index (χ2n) is 2.24. The van der Waals surface area contributed by atoms with Crippen LogP contribution in [-0.4, -0.2) is 35.9 Å². The second kappa shape index (κ2) is 3.61. The van der Waals surface area contributed by atoms with Crippen molar-refractivity contribution in [2.24, 2.45) is 0 Å². The molecule has 0 fully saturated rings. The largest absolute Gasteiger partial charge is 0.342 e. The molecule has 0 radical (unpaired) electrons. The molecule has 10 heavy (non-hydrogen) atoms. The number of nitrogens with zero attached hydrogens (tertiary/aromatic N) is 1. The lowest BCUT2D eigenvalue weighted by molar-refractivity contribution is -0.142. The summed E-state index contributed by atoms with van der Waals surface area (Å²) in [5, 5.41) is -0.505. The van der Waals surface area contributed by atoms with E-state index in [1.54, 1.807) is 6.92 Å². The lowest BCUT2D eigenvalue weighted by atomic mass is 10.3. The Hall–Kier alpha value is -0.510. The number of Topliss-reactive ketones (excluding diaryl/α,β-unsaturated/α-hetero) is 1. The predicted octanol–water partition coefficient (Wildman–Crippen LogP) is -0.0380. The fourth-order valence-electron chi connectivity index (χ4n) is 0.399. The van der Waals surface area contributed by atoms with Crippen molar-refractivity contribution in [3.8, 4) is 0 Å². The topological polar surface area (TPSA) is 37.4 Å². The first-order valence-electron chi connectivity index (χ1n) is 2.90. The first-order chi connectivity index (χ1) is 4.46. The van der Waals surface area contributed by atoms with Crippen LogP contribution >= 0.6 is 12.6 Å². The van der Waals surface area contributed by atoms with Gasteiger partial charge in [-0.15, -0.1) is 0 Å². The molecule has 0 aromatic heterocycles. The standard InChI is InChI=1S/C6H11NO2S/c1-4(10)5(8)6(9)7(2)3/h4,10H,1-3H3. The Labute approximate surface area is 65.8 Å². The third kappa shape index (κ3) is 2.39. The molecule has 0 rings (SSSR count). The summed E-state index contributed by atoms with van der Waals surface area (Å²) in [6.07, 6.45) is 0. The van der Waals surface area contributed by atoms with Crippen LogP contribution in [0.25, 0.3) is 0 Å². The van der Waals surface area contributed by atoms with Gasteiger partial charge in [-0.2, -0.15) is 12.6 Å². The molecule has 0 N–H and O–H groups in total. The second-order valence-corrected chi connectivity index (χ2v) is 3.01. The van der Waals surface area contributed by atoms with Crippen LogP contribution in [-0.2, 0) is 9.59 Å². The van der Waals surface area contributed by atoms with Crippen LogP contribution < -0.4 is 0 Å². The van der Waals surface area contributed by atoms with Gasteiger partial charge in [0, 0.05) is 14.1 Å². The van der Waals surface area contributed by atoms with E-state index < -0.39 is 16.9 Å². The highest BCUT2D eigenvalue weighted by atomic mass is 32.1. The first kappa shape index (κ1) is 9.49. The van der Waals surface area contributed by atoms with E-state index in [2.05, 4.69) is 12.6 Å². The molecule has 0 heterocycles. The van der Waals surface area contributed by atoms with Crippen molar-refractivity contribution in [1.82, 2.24) is 4.90 Å². The number of amides is 1. The molecular formula is C6H11NO2S. The average Bonchev–Trinajstić information content (AvgIpc) is 1.84. The van der Waals surface area contributed by atoms with E-state index in [-0.39, 0.29) is 0 Å². The third-order valence-electron chi connectivity index (χ3n) is 0.996. The summed E-state index contributed by atoms with van der Waals surface area (Å²) in [5.41, 5.74) is 0. The highest BCUT2D eigenvalue weighted by Crippen LogP contribution is 1.96. The minimum atomic E-state index is -0.505. The van der Waals surface area contributed by atoms with Gasteiger partial charge in [-0.05, 0) is 6.92 Å². The first-order valence-corrected chi connectivity index (χ1v) is 3.42. The number of rotatable bonds is 2. The quantitative estimate of drug-likeness (QED) is 0.456. The zero-order valence-corrected chi connectivity index (χ0v) is 7.18. The number of likely N-dealkylation sites (N-methyl/N-ethyl adjacent to an activating group) is 1. The summed E-state index contributed by atoms with van der Waals surface area (Å²) >= 11 is 3.83. The van der Waals surface area contributed by atoms with E-state index in [9.17, 15) is 9.59 Å². The Balaban J connectivity index is 4.10. The van der Waals surface area contributed by atoms with Gasteiger partial charge in [0.25, 0.3) is 5.91 Å². The van der Waals surface area contributed by atoms with E-state index in [0.29, 0.717) is 0 Å². The van der Waals surface area contributed by atoms with Crippen molar-refractivity contribution in [1.29, 1.82) is 0 Å². The van der Waals surface area contributed by atoms with Crippen molar-refractivity contribution in [2.45, 2.75) is 12.2 Å². The van der Waals surface area contributed by atoms with Crippen molar-refractivity contribution in [2.75, 3.05) is 14.1 Å². The minimum Gasteiger partial charge on any atom is -0.342 e. The van der Waals surface area contributed by atoms with Crippen molar-refractivity contribution in [3.63, 3.8) is 0 Å². The van der Waals surface area contributed by atoms with Gasteiger partial charge in [0.05, 0.1) is 5.25 Å². The molecule has 0 bridgehead atoms. The summed E-state index contributed by atoms with van der Waals surface area (Å²) < 4.78 is 0. The monoisotopic (exact) mass is 161 g/mol. The molecule has 0 saturated heterocycles. The maximum absolute atomic E-state index is 10.8. The van der Waals surface area contributed by atoms with E-state index in [0.717, 1.165) is 0 Å². The highest BCUT2D eigenvalue weighted by molar-refractivity contribution is 7.82. The molecule has 0 aliphatic heterocycles. The minimum absolute atomic E-state index is 0.465. The predicted molar refractivity (Wildman–Crippen MR) is 42.1 cm³/mol. The highest BCUT2D eigenvalue weighted by Gasteiger charge is 2.19. The summed E-state index contributed by atoms with van der Waals surface area (Å²) in [4.78, 5) is 22.9. The smallest absolute Gasteiger partial charge is 0.290 e. The molecule has 0 saturated carbocycles. The SMILES string of the molecule is CC(S)C(=O)C(=O)N(C)C. The Morgan fingerprint density at radius 1 is 1.40 bits per heavy atom. The van der Waals surface area contributed by atoms with Gasteiger partial charge in [0.2, 0.25) is 5.78 Å². The maximum atomic E-state index is 10.8. The van der Waals surface area contributed by atoms with Crippen LogP contribution in [0.1, 0.15) is 6.92 Å². The molecule has 1 unspecified atom stereocenters. The van der Waals surface area contributed by atoms with E-state index >= 15 is 0 Å². The molecule has 0 aliphatic carbocycles. The number of ketones is 1.